The van der Waals surface area contributed by atoms with E-state index in [0.29, 0.717) is 5.15 Å². The minimum Gasteiger partial charge on any atom is -0.388 e. The first-order valence-electron chi connectivity index (χ1n) is 4.68. The summed E-state index contributed by atoms with van der Waals surface area (Å²) in [7, 11) is 0. The number of rotatable bonds is 1. The van der Waals surface area contributed by atoms with Crippen LogP contribution in [0.3, 0.4) is 0 Å². The average Bonchev–Trinajstić information content (AvgIpc) is 2.19. The number of aromatic nitrogens is 2. The van der Waals surface area contributed by atoms with Crippen molar-refractivity contribution in [2.45, 2.75) is 19.4 Å². The highest BCUT2D eigenvalue weighted by Crippen LogP contribution is 2.32. The van der Waals surface area contributed by atoms with Crippen molar-refractivity contribution in [2.24, 2.45) is 0 Å². The second-order valence-corrected chi connectivity index (χ2v) is 3.72. The number of anilines is 1. The number of halogens is 1. The van der Waals surface area contributed by atoms with Crippen molar-refractivity contribution in [2.75, 3.05) is 18.0 Å². The Labute approximate surface area is 87.5 Å². The van der Waals surface area contributed by atoms with Gasteiger partial charge in [0, 0.05) is 18.7 Å². The summed E-state index contributed by atoms with van der Waals surface area (Å²) >= 11 is 5.73. The predicted molar refractivity (Wildman–Crippen MR) is 54.5 cm³/mol. The molecule has 1 aromatic rings. The van der Waals surface area contributed by atoms with Crippen LogP contribution in [0.25, 0.3) is 0 Å². The molecule has 1 N–H and O–H groups in total. The van der Waals surface area contributed by atoms with Gasteiger partial charge in [0.1, 0.15) is 0 Å². The maximum absolute atomic E-state index is 9.75. The van der Waals surface area contributed by atoms with Crippen LogP contribution in [0.4, 0.5) is 5.82 Å². The van der Waals surface area contributed by atoms with Crippen LogP contribution >= 0.6 is 11.6 Å². The molecule has 1 aliphatic rings. The fraction of sp³-hybridized carbons (Fsp3) is 0.556. The van der Waals surface area contributed by atoms with E-state index in [4.69, 9.17) is 11.6 Å². The zero-order chi connectivity index (χ0) is 10.1. The highest BCUT2D eigenvalue weighted by Gasteiger charge is 2.24. The molecule has 4 nitrogen and oxygen atoms in total. The lowest BCUT2D eigenvalue weighted by atomic mass is 10.0. The molecule has 0 saturated heterocycles. The molecular weight excluding hydrogens is 202 g/mol. The lowest BCUT2D eigenvalue weighted by Gasteiger charge is -2.30. The summed E-state index contributed by atoms with van der Waals surface area (Å²) in [5.41, 5.74) is 0.790. The molecule has 5 heteroatoms. The molecule has 0 saturated carbocycles. The minimum atomic E-state index is -0.458. The van der Waals surface area contributed by atoms with Crippen molar-refractivity contribution in [1.82, 2.24) is 10.2 Å². The van der Waals surface area contributed by atoms with Crippen LogP contribution in [-0.2, 0) is 0 Å². The highest BCUT2D eigenvalue weighted by molar-refractivity contribution is 6.29. The molecule has 2 heterocycles. The van der Waals surface area contributed by atoms with Gasteiger partial charge in [0.25, 0.3) is 0 Å². The molecular formula is C9H12ClN3O. The van der Waals surface area contributed by atoms with Crippen molar-refractivity contribution >= 4 is 17.4 Å². The Balaban J connectivity index is 2.45. The molecule has 76 valence electrons. The Morgan fingerprint density at radius 2 is 2.43 bits per heavy atom. The van der Waals surface area contributed by atoms with Gasteiger partial charge < -0.3 is 10.0 Å². The fourth-order valence-corrected chi connectivity index (χ4v) is 1.87. The van der Waals surface area contributed by atoms with Crippen LogP contribution in [0.15, 0.2) is 6.07 Å². The maximum Gasteiger partial charge on any atom is 0.157 e. The summed E-state index contributed by atoms with van der Waals surface area (Å²) in [5.74, 6) is 0.760. The minimum absolute atomic E-state index is 0.334. The van der Waals surface area contributed by atoms with Crippen molar-refractivity contribution in [3.8, 4) is 0 Å². The summed E-state index contributed by atoms with van der Waals surface area (Å²) in [6.45, 7) is 3.74. The van der Waals surface area contributed by atoms with Crippen LogP contribution < -0.4 is 4.90 Å². The lowest BCUT2D eigenvalue weighted by Crippen LogP contribution is -2.32. The molecule has 14 heavy (non-hydrogen) atoms. The standard InChI is InChI=1S/C9H12ClN3O/c1-2-13-4-3-7(14)6-5-8(10)11-12-9(6)13/h5,7,14H,2-4H2,1H3. The molecule has 1 atom stereocenters. The van der Waals surface area contributed by atoms with Crippen molar-refractivity contribution in [3.05, 3.63) is 16.8 Å². The zero-order valence-electron chi connectivity index (χ0n) is 7.94. The number of aliphatic hydroxyl groups excluding tert-OH is 1. The number of nitrogens with zero attached hydrogens (tertiary/aromatic N) is 3. The molecule has 0 radical (unpaired) electrons. The van der Waals surface area contributed by atoms with Crippen LogP contribution in [0.1, 0.15) is 25.0 Å². The van der Waals surface area contributed by atoms with E-state index in [0.717, 1.165) is 30.9 Å². The average molecular weight is 214 g/mol. The summed E-state index contributed by atoms with van der Waals surface area (Å²) in [6, 6.07) is 1.69. The first-order chi connectivity index (χ1) is 6.72. The molecule has 1 aromatic heterocycles. The van der Waals surface area contributed by atoms with E-state index in [1.165, 1.54) is 0 Å². The van der Waals surface area contributed by atoms with Gasteiger partial charge in [0.15, 0.2) is 11.0 Å². The molecule has 0 spiro atoms. The first-order valence-corrected chi connectivity index (χ1v) is 5.06. The highest BCUT2D eigenvalue weighted by atomic mass is 35.5. The Hall–Kier alpha value is -0.870. The third kappa shape index (κ3) is 1.55. The van der Waals surface area contributed by atoms with Gasteiger partial charge in [-0.05, 0) is 19.4 Å². The van der Waals surface area contributed by atoms with Crippen LogP contribution in [0.2, 0.25) is 5.15 Å². The summed E-state index contributed by atoms with van der Waals surface area (Å²) in [5, 5.41) is 17.9. The molecule has 0 amide bonds. The SMILES string of the molecule is CCN1CCC(O)c2cc(Cl)nnc21. The van der Waals surface area contributed by atoms with Gasteiger partial charge in [-0.25, -0.2) is 0 Å². The quantitative estimate of drug-likeness (QED) is 0.766. The van der Waals surface area contributed by atoms with Crippen molar-refractivity contribution in [1.29, 1.82) is 0 Å². The van der Waals surface area contributed by atoms with Gasteiger partial charge in [-0.3, -0.25) is 0 Å². The second-order valence-electron chi connectivity index (χ2n) is 3.33. The molecule has 2 rings (SSSR count). The number of hydrogen-bond donors (Lipinski definition) is 1. The third-order valence-corrected chi connectivity index (χ3v) is 2.67. The largest absolute Gasteiger partial charge is 0.388 e. The predicted octanol–water partition coefficient (Wildman–Crippen LogP) is 1.39. The van der Waals surface area contributed by atoms with E-state index in [1.54, 1.807) is 6.07 Å². The lowest BCUT2D eigenvalue weighted by molar-refractivity contribution is 0.163. The van der Waals surface area contributed by atoms with E-state index in [2.05, 4.69) is 22.0 Å². The molecule has 0 aliphatic carbocycles. The zero-order valence-corrected chi connectivity index (χ0v) is 8.70. The molecule has 0 aromatic carbocycles. The topological polar surface area (TPSA) is 49.2 Å². The molecule has 1 aliphatic heterocycles. The summed E-state index contributed by atoms with van der Waals surface area (Å²) in [4.78, 5) is 2.09. The van der Waals surface area contributed by atoms with Crippen LogP contribution in [0, 0.1) is 0 Å². The Bertz CT molecular complexity index is 345. The van der Waals surface area contributed by atoms with Gasteiger partial charge in [-0.1, -0.05) is 11.6 Å². The van der Waals surface area contributed by atoms with Gasteiger partial charge >= 0.3 is 0 Å². The molecule has 1 unspecified atom stereocenters. The van der Waals surface area contributed by atoms with Crippen molar-refractivity contribution in [3.63, 3.8) is 0 Å². The molecule has 0 fully saturated rings. The van der Waals surface area contributed by atoms with Gasteiger partial charge in [0.05, 0.1) is 6.10 Å². The second kappa shape index (κ2) is 3.71. The van der Waals surface area contributed by atoms with E-state index in [-0.39, 0.29) is 0 Å². The van der Waals surface area contributed by atoms with Crippen molar-refractivity contribution < 1.29 is 5.11 Å². The number of fused-ring (bicyclic) bond motifs is 1. The van der Waals surface area contributed by atoms with Gasteiger partial charge in [-0.2, -0.15) is 0 Å². The van der Waals surface area contributed by atoms with Gasteiger partial charge in [0.2, 0.25) is 0 Å². The van der Waals surface area contributed by atoms with E-state index >= 15 is 0 Å². The van der Waals surface area contributed by atoms with Crippen LogP contribution in [0.5, 0.6) is 0 Å². The van der Waals surface area contributed by atoms with E-state index < -0.39 is 6.10 Å². The fourth-order valence-electron chi connectivity index (χ4n) is 1.71. The normalized spacial score (nSPS) is 20.8. The monoisotopic (exact) mass is 213 g/mol. The maximum atomic E-state index is 9.75. The Kier molecular flexibility index (Phi) is 2.56. The van der Waals surface area contributed by atoms with E-state index in [1.807, 2.05) is 0 Å². The Morgan fingerprint density at radius 1 is 1.64 bits per heavy atom. The van der Waals surface area contributed by atoms with E-state index in [9.17, 15) is 5.11 Å². The van der Waals surface area contributed by atoms with Gasteiger partial charge in [-0.15, -0.1) is 10.2 Å². The Morgan fingerprint density at radius 3 is 3.14 bits per heavy atom. The number of aliphatic hydroxyl groups is 1. The summed E-state index contributed by atoms with van der Waals surface area (Å²) < 4.78 is 0. The number of hydrogen-bond acceptors (Lipinski definition) is 4. The van der Waals surface area contributed by atoms with Crippen LogP contribution in [-0.4, -0.2) is 28.4 Å². The smallest absolute Gasteiger partial charge is 0.157 e. The first kappa shape index (κ1) is 9.68. The summed E-state index contributed by atoms with van der Waals surface area (Å²) in [6.07, 6.45) is 0.267. The molecule has 0 bridgehead atoms. The third-order valence-electron chi connectivity index (χ3n) is 2.49.